The standard InChI is InChI=1S/C15H14N3/c1-2-4-14(5-3-1)12-18(11-10-17-13-18)15-6-8-16-9-7-15/h1-11,13H,12H2/q+1. The van der Waals surface area contributed by atoms with E-state index in [0.29, 0.717) is 4.48 Å². The topological polar surface area (TPSA) is 25.2 Å². The molecule has 0 radical (unpaired) electrons. The summed E-state index contributed by atoms with van der Waals surface area (Å²) in [5.41, 5.74) is 2.46. The first-order valence-corrected chi connectivity index (χ1v) is 5.93. The van der Waals surface area contributed by atoms with Crippen LogP contribution in [0.15, 0.2) is 72.3 Å². The van der Waals surface area contributed by atoms with Gasteiger partial charge in [-0.1, -0.05) is 30.3 Å². The number of nitrogens with zero attached hydrogens (tertiary/aromatic N) is 3. The van der Waals surface area contributed by atoms with Gasteiger partial charge in [-0.15, -0.1) is 0 Å². The molecule has 1 aromatic heterocycles. The molecule has 0 bridgehead atoms. The molecule has 1 aromatic carbocycles. The highest BCUT2D eigenvalue weighted by Gasteiger charge is 2.29. The van der Waals surface area contributed by atoms with Crippen LogP contribution in [0, 0.1) is 0 Å². The molecule has 3 heteroatoms. The molecule has 88 valence electrons. The molecule has 1 aliphatic heterocycles. The third-order valence-electron chi connectivity index (χ3n) is 3.12. The molecule has 3 nitrogen and oxygen atoms in total. The molecule has 0 fully saturated rings. The zero-order valence-corrected chi connectivity index (χ0v) is 9.98. The molecule has 0 N–H and O–H groups in total. The maximum atomic E-state index is 4.26. The van der Waals surface area contributed by atoms with E-state index in [-0.39, 0.29) is 0 Å². The van der Waals surface area contributed by atoms with Gasteiger partial charge in [0.25, 0.3) is 0 Å². The number of benzene rings is 1. The van der Waals surface area contributed by atoms with Crippen LogP contribution in [-0.4, -0.2) is 11.3 Å². The minimum atomic E-state index is 0.618. The number of rotatable bonds is 3. The van der Waals surface area contributed by atoms with Gasteiger partial charge >= 0.3 is 0 Å². The fourth-order valence-corrected chi connectivity index (χ4v) is 2.20. The molecule has 0 saturated heterocycles. The van der Waals surface area contributed by atoms with Crippen molar-refractivity contribution < 1.29 is 0 Å². The molecule has 3 rings (SSSR count). The second-order valence-electron chi connectivity index (χ2n) is 4.34. The minimum absolute atomic E-state index is 0.618. The van der Waals surface area contributed by atoms with Gasteiger partial charge in [0.15, 0.2) is 6.34 Å². The van der Waals surface area contributed by atoms with Crippen molar-refractivity contribution in [1.82, 2.24) is 9.47 Å². The maximum Gasteiger partial charge on any atom is 0.200 e. The van der Waals surface area contributed by atoms with Crippen LogP contribution in [0.2, 0.25) is 0 Å². The summed E-state index contributed by atoms with van der Waals surface area (Å²) in [5, 5.41) is 0. The smallest absolute Gasteiger partial charge is 0.200 e. The lowest BCUT2D eigenvalue weighted by molar-refractivity contribution is 0.555. The Labute approximate surface area is 106 Å². The van der Waals surface area contributed by atoms with Gasteiger partial charge < -0.3 is 0 Å². The van der Waals surface area contributed by atoms with Crippen LogP contribution >= 0.6 is 0 Å². The van der Waals surface area contributed by atoms with Crippen LogP contribution in [0.3, 0.4) is 0 Å². The van der Waals surface area contributed by atoms with Crippen LogP contribution in [0.5, 0.6) is 0 Å². The summed E-state index contributed by atoms with van der Waals surface area (Å²) in [6, 6.07) is 14.5. The lowest BCUT2D eigenvalue weighted by Crippen LogP contribution is -2.39. The van der Waals surface area contributed by atoms with E-state index in [1.807, 2.05) is 43.1 Å². The van der Waals surface area contributed by atoms with Gasteiger partial charge in [-0.3, -0.25) is 4.98 Å². The number of aromatic nitrogens is 1. The van der Waals surface area contributed by atoms with Crippen molar-refractivity contribution in [3.05, 3.63) is 72.8 Å². The minimum Gasteiger partial charge on any atom is -0.264 e. The molecule has 1 atom stereocenters. The first kappa shape index (κ1) is 10.9. The third-order valence-corrected chi connectivity index (χ3v) is 3.12. The van der Waals surface area contributed by atoms with Gasteiger partial charge in [0, 0.05) is 30.1 Å². The fourth-order valence-electron chi connectivity index (χ4n) is 2.20. The highest BCUT2D eigenvalue weighted by atomic mass is 15.4. The molecular formula is C15H14N3+. The van der Waals surface area contributed by atoms with Crippen LogP contribution in [-0.2, 0) is 6.54 Å². The number of aliphatic imine (C=N–C) groups is 1. The van der Waals surface area contributed by atoms with Gasteiger partial charge in [0.2, 0.25) is 0 Å². The Morgan fingerprint density at radius 3 is 2.39 bits per heavy atom. The Hall–Kier alpha value is -2.26. The predicted molar refractivity (Wildman–Crippen MR) is 73.8 cm³/mol. The summed E-state index contributed by atoms with van der Waals surface area (Å²) < 4.78 is 0.618. The highest BCUT2D eigenvalue weighted by molar-refractivity contribution is 5.78. The molecule has 0 aliphatic carbocycles. The van der Waals surface area contributed by atoms with Crippen LogP contribution in [0.1, 0.15) is 5.56 Å². The average Bonchev–Trinajstić information content (AvgIpc) is 2.91. The van der Waals surface area contributed by atoms with E-state index >= 15 is 0 Å². The van der Waals surface area contributed by atoms with E-state index in [9.17, 15) is 0 Å². The van der Waals surface area contributed by atoms with Crippen LogP contribution in [0.25, 0.3) is 0 Å². The molecule has 1 unspecified atom stereocenters. The number of hydrogen-bond acceptors (Lipinski definition) is 2. The van der Waals surface area contributed by atoms with E-state index in [2.05, 4.69) is 40.4 Å². The van der Waals surface area contributed by atoms with E-state index in [0.717, 1.165) is 6.54 Å². The largest absolute Gasteiger partial charge is 0.264 e. The number of quaternary nitrogens is 1. The first-order chi connectivity index (χ1) is 8.89. The Bertz CT molecular complexity index is 561. The van der Waals surface area contributed by atoms with Crippen LogP contribution < -0.4 is 4.48 Å². The van der Waals surface area contributed by atoms with Crippen molar-refractivity contribution >= 4 is 12.0 Å². The molecule has 2 heterocycles. The molecule has 0 spiro atoms. The van der Waals surface area contributed by atoms with Crippen molar-refractivity contribution in [1.29, 1.82) is 0 Å². The van der Waals surface area contributed by atoms with Crippen molar-refractivity contribution in [2.75, 3.05) is 0 Å². The monoisotopic (exact) mass is 236 g/mol. The Morgan fingerprint density at radius 2 is 1.72 bits per heavy atom. The predicted octanol–water partition coefficient (Wildman–Crippen LogP) is 3.10. The van der Waals surface area contributed by atoms with Gasteiger partial charge in [-0.05, 0) is 0 Å². The Kier molecular flexibility index (Phi) is 2.74. The van der Waals surface area contributed by atoms with E-state index < -0.39 is 0 Å². The van der Waals surface area contributed by atoms with Crippen LogP contribution in [0.4, 0.5) is 5.69 Å². The summed E-state index contributed by atoms with van der Waals surface area (Å²) in [6.45, 7) is 0.866. The second kappa shape index (κ2) is 4.55. The molecule has 0 saturated carbocycles. The zero-order chi connectivity index (χ0) is 12.3. The summed E-state index contributed by atoms with van der Waals surface area (Å²) in [5.74, 6) is 0. The Balaban J connectivity index is 1.99. The highest BCUT2D eigenvalue weighted by Crippen LogP contribution is 2.27. The summed E-state index contributed by atoms with van der Waals surface area (Å²) in [6.07, 6.45) is 9.55. The van der Waals surface area contributed by atoms with Gasteiger partial charge in [-0.25, -0.2) is 9.48 Å². The van der Waals surface area contributed by atoms with E-state index in [1.54, 1.807) is 0 Å². The SMILES string of the molecule is C1=C[N+](Cc2ccccc2)(c2ccncc2)C=N1. The molecule has 1 aliphatic rings. The van der Waals surface area contributed by atoms with Crippen molar-refractivity contribution in [2.24, 2.45) is 4.99 Å². The van der Waals surface area contributed by atoms with Gasteiger partial charge in [0.05, 0.1) is 6.20 Å². The first-order valence-electron chi connectivity index (χ1n) is 5.93. The number of pyridine rings is 1. The third kappa shape index (κ3) is 1.96. The molecular weight excluding hydrogens is 222 g/mol. The molecule has 2 aromatic rings. The van der Waals surface area contributed by atoms with E-state index in [4.69, 9.17) is 0 Å². The lowest BCUT2D eigenvalue weighted by Gasteiger charge is -2.26. The molecule has 18 heavy (non-hydrogen) atoms. The summed E-state index contributed by atoms with van der Waals surface area (Å²) in [7, 11) is 0. The lowest BCUT2D eigenvalue weighted by atomic mass is 10.2. The van der Waals surface area contributed by atoms with Crippen molar-refractivity contribution in [3.63, 3.8) is 0 Å². The maximum absolute atomic E-state index is 4.26. The average molecular weight is 236 g/mol. The van der Waals surface area contributed by atoms with Crippen molar-refractivity contribution in [3.8, 4) is 0 Å². The molecule has 0 amide bonds. The summed E-state index contributed by atoms with van der Waals surface area (Å²) in [4.78, 5) is 8.33. The number of hydrogen-bond donors (Lipinski definition) is 0. The van der Waals surface area contributed by atoms with Crippen molar-refractivity contribution in [2.45, 2.75) is 6.54 Å². The Morgan fingerprint density at radius 1 is 0.944 bits per heavy atom. The van der Waals surface area contributed by atoms with E-state index in [1.165, 1.54) is 11.3 Å². The quantitative estimate of drug-likeness (QED) is 0.752. The van der Waals surface area contributed by atoms with Gasteiger partial charge in [0.1, 0.15) is 18.4 Å². The van der Waals surface area contributed by atoms with Gasteiger partial charge in [-0.2, -0.15) is 0 Å². The summed E-state index contributed by atoms with van der Waals surface area (Å²) >= 11 is 0. The normalized spacial score (nSPS) is 21.3. The zero-order valence-electron chi connectivity index (χ0n) is 9.98. The second-order valence-corrected chi connectivity index (χ2v) is 4.34. The fraction of sp³-hybridized carbons (Fsp3) is 0.0667.